The first-order valence-electron chi connectivity index (χ1n) is 10.0. The highest BCUT2D eigenvalue weighted by molar-refractivity contribution is 5.73. The Bertz CT molecular complexity index is 818. The number of nitrogens with zero attached hydrogens (tertiary/aromatic N) is 3. The van der Waals surface area contributed by atoms with Crippen LogP contribution in [0.3, 0.4) is 0 Å². The Morgan fingerprint density at radius 1 is 1.04 bits per heavy atom. The van der Waals surface area contributed by atoms with Gasteiger partial charge in [-0.2, -0.15) is 4.98 Å². The van der Waals surface area contributed by atoms with Crippen molar-refractivity contribution in [1.82, 2.24) is 15.3 Å². The van der Waals surface area contributed by atoms with Crippen LogP contribution in [0.25, 0.3) is 11.3 Å². The summed E-state index contributed by atoms with van der Waals surface area (Å²) in [6.45, 7) is 3.27. The Kier molecular flexibility index (Phi) is 4.04. The lowest BCUT2D eigenvalue weighted by atomic mass is 9.97. The Hall–Kier alpha value is -2.14. The molecule has 2 atom stereocenters. The zero-order chi connectivity index (χ0) is 17.5. The maximum Gasteiger partial charge on any atom is 0.222 e. The second-order valence-electron chi connectivity index (χ2n) is 7.92. The number of hydrogen-bond donors (Lipinski definition) is 2. The summed E-state index contributed by atoms with van der Waals surface area (Å²) in [6, 6.07) is 9.26. The summed E-state index contributed by atoms with van der Waals surface area (Å²) in [6.07, 6.45) is 7.09. The van der Waals surface area contributed by atoms with E-state index in [-0.39, 0.29) is 0 Å². The number of nitrogens with one attached hydrogen (secondary N) is 1. The molecule has 1 aromatic heterocycles. The van der Waals surface area contributed by atoms with Crippen LogP contribution in [-0.4, -0.2) is 35.6 Å². The van der Waals surface area contributed by atoms with Crippen molar-refractivity contribution in [2.45, 2.75) is 44.6 Å². The first-order valence-corrected chi connectivity index (χ1v) is 10.0. The zero-order valence-corrected chi connectivity index (χ0v) is 15.2. The predicted molar refractivity (Wildman–Crippen MR) is 105 cm³/mol. The number of aromatic nitrogens is 2. The molecule has 26 heavy (non-hydrogen) atoms. The summed E-state index contributed by atoms with van der Waals surface area (Å²) in [7, 11) is 0. The van der Waals surface area contributed by atoms with E-state index in [0.717, 1.165) is 49.9 Å². The number of benzene rings is 1. The van der Waals surface area contributed by atoms with Crippen LogP contribution in [0.15, 0.2) is 24.3 Å². The van der Waals surface area contributed by atoms with Gasteiger partial charge in [-0.05, 0) is 43.6 Å². The van der Waals surface area contributed by atoms with Crippen LogP contribution in [0.5, 0.6) is 0 Å². The molecule has 136 valence electrons. The molecule has 3 aliphatic rings. The summed E-state index contributed by atoms with van der Waals surface area (Å²) in [5, 5.41) is 3.55. The summed E-state index contributed by atoms with van der Waals surface area (Å²) >= 11 is 0. The van der Waals surface area contributed by atoms with Crippen molar-refractivity contribution in [3.8, 4) is 11.3 Å². The normalized spacial score (nSPS) is 25.0. The highest BCUT2D eigenvalue weighted by atomic mass is 15.3. The SMILES string of the molecule is Nc1nc2c(c(N3CC[C@H]4CNC[C@H]43)n1)CCCCCc1ccccc1-2. The molecule has 0 bridgehead atoms. The van der Waals surface area contributed by atoms with Gasteiger partial charge in [0.1, 0.15) is 5.82 Å². The van der Waals surface area contributed by atoms with Crippen molar-refractivity contribution < 1.29 is 0 Å². The molecule has 1 aromatic carbocycles. The number of anilines is 2. The number of fused-ring (bicyclic) bond motifs is 4. The molecule has 0 amide bonds. The van der Waals surface area contributed by atoms with Crippen LogP contribution in [0.4, 0.5) is 11.8 Å². The van der Waals surface area contributed by atoms with E-state index in [9.17, 15) is 0 Å². The van der Waals surface area contributed by atoms with Crippen LogP contribution in [0.1, 0.15) is 36.8 Å². The van der Waals surface area contributed by atoms with Crippen molar-refractivity contribution in [3.63, 3.8) is 0 Å². The number of rotatable bonds is 1. The molecule has 0 spiro atoms. The van der Waals surface area contributed by atoms with Crippen LogP contribution >= 0.6 is 0 Å². The van der Waals surface area contributed by atoms with E-state index in [1.165, 1.54) is 42.4 Å². The third kappa shape index (κ3) is 2.65. The van der Waals surface area contributed by atoms with Crippen LogP contribution in [0, 0.1) is 5.92 Å². The molecule has 0 radical (unpaired) electrons. The monoisotopic (exact) mass is 349 g/mol. The van der Waals surface area contributed by atoms with Gasteiger partial charge in [0.2, 0.25) is 5.95 Å². The Morgan fingerprint density at radius 2 is 1.92 bits per heavy atom. The fraction of sp³-hybridized carbons (Fsp3) is 0.524. The first kappa shape index (κ1) is 16.1. The van der Waals surface area contributed by atoms with E-state index in [2.05, 4.69) is 34.5 Å². The van der Waals surface area contributed by atoms with Crippen molar-refractivity contribution in [3.05, 3.63) is 35.4 Å². The average Bonchev–Trinajstić information content (AvgIpc) is 3.26. The van der Waals surface area contributed by atoms with E-state index in [1.807, 2.05) is 0 Å². The van der Waals surface area contributed by atoms with Crippen molar-refractivity contribution in [2.75, 3.05) is 30.3 Å². The smallest absolute Gasteiger partial charge is 0.222 e. The Labute approximate surface area is 155 Å². The Balaban J connectivity index is 1.67. The highest BCUT2D eigenvalue weighted by Gasteiger charge is 2.39. The van der Waals surface area contributed by atoms with E-state index in [0.29, 0.717) is 12.0 Å². The van der Waals surface area contributed by atoms with E-state index >= 15 is 0 Å². The molecular formula is C21H27N5. The van der Waals surface area contributed by atoms with Gasteiger partial charge in [-0.3, -0.25) is 0 Å². The van der Waals surface area contributed by atoms with Gasteiger partial charge >= 0.3 is 0 Å². The fourth-order valence-electron chi connectivity index (χ4n) is 5.05. The topological polar surface area (TPSA) is 67.1 Å². The lowest BCUT2D eigenvalue weighted by Gasteiger charge is -2.28. The molecule has 2 aromatic rings. The van der Waals surface area contributed by atoms with E-state index in [1.54, 1.807) is 0 Å². The first-order chi connectivity index (χ1) is 12.8. The molecule has 5 nitrogen and oxygen atoms in total. The van der Waals surface area contributed by atoms with Gasteiger partial charge in [0.15, 0.2) is 0 Å². The molecule has 0 unspecified atom stereocenters. The molecule has 2 saturated heterocycles. The van der Waals surface area contributed by atoms with Gasteiger partial charge < -0.3 is 16.0 Å². The lowest BCUT2D eigenvalue weighted by molar-refractivity contribution is 0.576. The molecule has 3 heterocycles. The minimum atomic E-state index is 0.405. The molecule has 3 N–H and O–H groups in total. The Morgan fingerprint density at radius 3 is 2.88 bits per heavy atom. The molecular weight excluding hydrogens is 322 g/mol. The standard InChI is InChI=1S/C21H27N5/c22-21-24-19-16-8-5-4-7-14(16)6-2-1-3-9-17(19)20(25-21)26-11-10-15-12-23-13-18(15)26/h4-5,7-8,15,18,23H,1-3,6,9-13H2,(H2,22,24,25)/t15-,18+/m0/s1. The minimum Gasteiger partial charge on any atom is -0.368 e. The number of aryl methyl sites for hydroxylation is 1. The lowest BCUT2D eigenvalue weighted by Crippen LogP contribution is -2.35. The summed E-state index contributed by atoms with van der Waals surface area (Å²) < 4.78 is 0. The van der Waals surface area contributed by atoms with Crippen LogP contribution in [-0.2, 0) is 12.8 Å². The third-order valence-corrected chi connectivity index (χ3v) is 6.37. The van der Waals surface area contributed by atoms with Crippen molar-refractivity contribution in [1.29, 1.82) is 0 Å². The maximum absolute atomic E-state index is 6.21. The summed E-state index contributed by atoms with van der Waals surface area (Å²) in [4.78, 5) is 12.0. The summed E-state index contributed by atoms with van der Waals surface area (Å²) in [5.41, 5.74) is 11.2. The van der Waals surface area contributed by atoms with Crippen LogP contribution in [0.2, 0.25) is 0 Å². The number of nitrogens with two attached hydrogens (primary N) is 1. The van der Waals surface area contributed by atoms with Crippen LogP contribution < -0.4 is 16.0 Å². The number of hydrogen-bond acceptors (Lipinski definition) is 5. The summed E-state index contributed by atoms with van der Waals surface area (Å²) in [5.74, 6) is 2.24. The second kappa shape index (κ2) is 6.54. The minimum absolute atomic E-state index is 0.405. The van der Waals surface area contributed by atoms with Gasteiger partial charge in [0, 0.05) is 36.8 Å². The fourth-order valence-corrected chi connectivity index (χ4v) is 5.05. The molecule has 2 aliphatic heterocycles. The van der Waals surface area contributed by atoms with E-state index < -0.39 is 0 Å². The molecule has 1 aliphatic carbocycles. The molecule has 2 fully saturated rings. The van der Waals surface area contributed by atoms with Gasteiger partial charge in [0.05, 0.1) is 5.69 Å². The van der Waals surface area contributed by atoms with Crippen molar-refractivity contribution >= 4 is 11.8 Å². The average molecular weight is 349 g/mol. The predicted octanol–water partition coefficient (Wildman–Crippen LogP) is 2.79. The van der Waals surface area contributed by atoms with Gasteiger partial charge in [-0.1, -0.05) is 30.7 Å². The highest BCUT2D eigenvalue weighted by Crippen LogP contribution is 2.38. The largest absolute Gasteiger partial charge is 0.368 e. The van der Waals surface area contributed by atoms with Crippen molar-refractivity contribution in [2.24, 2.45) is 5.92 Å². The third-order valence-electron chi connectivity index (χ3n) is 6.37. The van der Waals surface area contributed by atoms with Gasteiger partial charge in [0.25, 0.3) is 0 Å². The quantitative estimate of drug-likeness (QED) is 0.829. The van der Waals surface area contributed by atoms with E-state index in [4.69, 9.17) is 15.7 Å². The molecule has 5 rings (SSSR count). The molecule has 0 saturated carbocycles. The second-order valence-corrected chi connectivity index (χ2v) is 7.92. The van der Waals surface area contributed by atoms with Gasteiger partial charge in [-0.25, -0.2) is 4.98 Å². The van der Waals surface area contributed by atoms with Gasteiger partial charge in [-0.15, -0.1) is 0 Å². The molecule has 5 heteroatoms. The number of nitrogen functional groups attached to an aromatic ring is 1. The maximum atomic E-state index is 6.21. The zero-order valence-electron chi connectivity index (χ0n) is 15.2.